The predicted octanol–water partition coefficient (Wildman–Crippen LogP) is 4.72. The van der Waals surface area contributed by atoms with Crippen molar-refractivity contribution >= 4 is 26.6 Å². The first-order valence-electron chi connectivity index (χ1n) is 9.39. The molecule has 3 aromatic rings. The van der Waals surface area contributed by atoms with Crippen molar-refractivity contribution in [3.8, 4) is 0 Å². The predicted molar refractivity (Wildman–Crippen MR) is 110 cm³/mol. The van der Waals surface area contributed by atoms with Crippen molar-refractivity contribution in [3.05, 3.63) is 65.9 Å². The van der Waals surface area contributed by atoms with Gasteiger partial charge < -0.3 is 5.32 Å². The van der Waals surface area contributed by atoms with Crippen molar-refractivity contribution in [2.75, 3.05) is 18.4 Å². The van der Waals surface area contributed by atoms with Gasteiger partial charge in [-0.1, -0.05) is 26.0 Å². The lowest BCUT2D eigenvalue weighted by Crippen LogP contribution is -2.30. The minimum Gasteiger partial charge on any atom is -0.378 e. The number of pyridine rings is 1. The summed E-state index contributed by atoms with van der Waals surface area (Å²) >= 11 is 0. The van der Waals surface area contributed by atoms with E-state index in [0.717, 1.165) is 17.7 Å². The number of hydrogen-bond donors (Lipinski definition) is 1. The summed E-state index contributed by atoms with van der Waals surface area (Å²) in [5.74, 6) is -1.16. The smallest absolute Gasteiger partial charge is 0.243 e. The average molecular weight is 419 g/mol. The highest BCUT2D eigenvalue weighted by molar-refractivity contribution is 7.89. The lowest BCUT2D eigenvalue weighted by atomic mass is 10.1. The molecule has 0 amide bonds. The zero-order chi connectivity index (χ0) is 21.2. The van der Waals surface area contributed by atoms with E-state index in [2.05, 4.69) is 10.3 Å². The first-order valence-corrected chi connectivity index (χ1v) is 10.8. The van der Waals surface area contributed by atoms with Crippen LogP contribution in [0.1, 0.15) is 32.4 Å². The Bertz CT molecular complexity index is 1110. The maximum absolute atomic E-state index is 14.3. The van der Waals surface area contributed by atoms with Crippen LogP contribution >= 0.6 is 0 Å². The molecule has 29 heavy (non-hydrogen) atoms. The molecule has 1 atom stereocenters. The van der Waals surface area contributed by atoms with Crippen LogP contribution in [0.4, 0.5) is 14.5 Å². The molecule has 0 fully saturated rings. The Balaban J connectivity index is 1.89. The molecule has 1 unspecified atom stereocenters. The molecule has 8 heteroatoms. The van der Waals surface area contributed by atoms with Gasteiger partial charge in [0.25, 0.3) is 0 Å². The Labute approximate surface area is 169 Å². The van der Waals surface area contributed by atoms with Gasteiger partial charge in [-0.2, -0.15) is 4.31 Å². The quantitative estimate of drug-likeness (QED) is 0.602. The molecule has 0 radical (unpaired) electrons. The molecule has 0 bridgehead atoms. The van der Waals surface area contributed by atoms with Gasteiger partial charge >= 0.3 is 0 Å². The molecule has 0 saturated heterocycles. The largest absolute Gasteiger partial charge is 0.378 e. The van der Waals surface area contributed by atoms with E-state index < -0.39 is 21.7 Å². The summed E-state index contributed by atoms with van der Waals surface area (Å²) in [4.78, 5) is 4.15. The molecule has 0 aliphatic heterocycles. The van der Waals surface area contributed by atoms with Crippen molar-refractivity contribution in [2.24, 2.45) is 0 Å². The number of nitrogens with one attached hydrogen (secondary N) is 1. The highest BCUT2D eigenvalue weighted by Gasteiger charge is 2.21. The fourth-order valence-electron chi connectivity index (χ4n) is 3.27. The van der Waals surface area contributed by atoms with Gasteiger partial charge in [0.05, 0.1) is 10.3 Å². The monoisotopic (exact) mass is 419 g/mol. The molecular formula is C21H23F2N3O2S. The van der Waals surface area contributed by atoms with Gasteiger partial charge in [0.15, 0.2) is 0 Å². The van der Waals surface area contributed by atoms with Crippen LogP contribution in [0.5, 0.6) is 0 Å². The van der Waals surface area contributed by atoms with E-state index in [1.165, 1.54) is 10.5 Å². The molecule has 1 heterocycles. The van der Waals surface area contributed by atoms with E-state index in [9.17, 15) is 17.2 Å². The fourth-order valence-corrected chi connectivity index (χ4v) is 4.73. The van der Waals surface area contributed by atoms with E-state index >= 15 is 0 Å². The molecule has 0 aliphatic carbocycles. The number of benzene rings is 2. The van der Waals surface area contributed by atoms with Crippen LogP contribution < -0.4 is 5.32 Å². The zero-order valence-electron chi connectivity index (χ0n) is 16.5. The summed E-state index contributed by atoms with van der Waals surface area (Å²) in [6.07, 6.45) is 1.42. The number of halogens is 2. The molecule has 5 nitrogen and oxygen atoms in total. The van der Waals surface area contributed by atoms with Crippen molar-refractivity contribution < 1.29 is 17.2 Å². The van der Waals surface area contributed by atoms with E-state index in [1.807, 2.05) is 6.92 Å². The molecule has 0 spiro atoms. The molecule has 1 N–H and O–H groups in total. The van der Waals surface area contributed by atoms with Gasteiger partial charge in [-0.15, -0.1) is 0 Å². The average Bonchev–Trinajstić information content (AvgIpc) is 2.71. The Hall–Kier alpha value is -2.58. The number of anilines is 1. The van der Waals surface area contributed by atoms with Gasteiger partial charge in [-0.05, 0) is 42.8 Å². The Morgan fingerprint density at radius 3 is 2.24 bits per heavy atom. The summed E-state index contributed by atoms with van der Waals surface area (Å²) in [7, 11) is -3.53. The van der Waals surface area contributed by atoms with E-state index in [1.54, 1.807) is 44.2 Å². The lowest BCUT2D eigenvalue weighted by Gasteiger charge is -2.20. The SMILES string of the molecule is CCN(CC)S(=O)(=O)c1ccc(C(C)Nc2ccnc3c(F)ccc(F)c23)cc1. The summed E-state index contributed by atoms with van der Waals surface area (Å²) in [5, 5.41) is 3.25. The Morgan fingerprint density at radius 2 is 1.62 bits per heavy atom. The van der Waals surface area contributed by atoms with E-state index in [-0.39, 0.29) is 21.8 Å². The van der Waals surface area contributed by atoms with Crippen LogP contribution in [0.15, 0.2) is 53.6 Å². The highest BCUT2D eigenvalue weighted by Crippen LogP contribution is 2.30. The van der Waals surface area contributed by atoms with Crippen molar-refractivity contribution in [1.82, 2.24) is 9.29 Å². The number of sulfonamides is 1. The van der Waals surface area contributed by atoms with Gasteiger partial charge in [0, 0.05) is 31.0 Å². The van der Waals surface area contributed by atoms with Crippen LogP contribution in [0, 0.1) is 11.6 Å². The molecule has 1 aromatic heterocycles. The van der Waals surface area contributed by atoms with Crippen LogP contribution in [-0.2, 0) is 10.0 Å². The minimum absolute atomic E-state index is 0.0390. The molecule has 154 valence electrons. The number of nitrogens with zero attached hydrogens (tertiary/aromatic N) is 2. The molecule has 0 aliphatic rings. The molecular weight excluding hydrogens is 396 g/mol. The summed E-state index contributed by atoms with van der Waals surface area (Å²) in [5.41, 5.74) is 1.19. The number of rotatable bonds is 7. The first-order chi connectivity index (χ1) is 13.8. The van der Waals surface area contributed by atoms with Crippen LogP contribution in [0.25, 0.3) is 10.9 Å². The lowest BCUT2D eigenvalue weighted by molar-refractivity contribution is 0.445. The van der Waals surface area contributed by atoms with Gasteiger partial charge in [-0.25, -0.2) is 17.2 Å². The minimum atomic E-state index is -3.53. The normalized spacial score (nSPS) is 13.0. The van der Waals surface area contributed by atoms with Gasteiger partial charge in [-0.3, -0.25) is 4.98 Å². The zero-order valence-corrected chi connectivity index (χ0v) is 17.3. The second kappa shape index (κ2) is 8.42. The number of aromatic nitrogens is 1. The van der Waals surface area contributed by atoms with E-state index in [4.69, 9.17) is 0 Å². The standard InChI is InChI=1S/C21H23F2N3O2S/c1-4-26(5-2)29(27,28)16-8-6-15(7-9-16)14(3)25-19-12-13-24-21-18(23)11-10-17(22)20(19)21/h6-14H,4-5H2,1-3H3,(H,24,25). The van der Waals surface area contributed by atoms with Gasteiger partial charge in [0.1, 0.15) is 17.2 Å². The van der Waals surface area contributed by atoms with E-state index in [0.29, 0.717) is 18.8 Å². The van der Waals surface area contributed by atoms with Gasteiger partial charge in [0.2, 0.25) is 10.0 Å². The van der Waals surface area contributed by atoms with Crippen molar-refractivity contribution in [2.45, 2.75) is 31.7 Å². The van der Waals surface area contributed by atoms with Crippen LogP contribution in [-0.4, -0.2) is 30.8 Å². The molecule has 3 rings (SSSR count). The third-order valence-corrected chi connectivity index (χ3v) is 6.95. The van der Waals surface area contributed by atoms with Crippen molar-refractivity contribution in [1.29, 1.82) is 0 Å². The molecule has 0 saturated carbocycles. The second-order valence-electron chi connectivity index (χ2n) is 6.64. The number of hydrogen-bond acceptors (Lipinski definition) is 4. The number of fused-ring (bicyclic) bond motifs is 1. The fraction of sp³-hybridized carbons (Fsp3) is 0.286. The third-order valence-electron chi connectivity index (χ3n) is 4.89. The Kier molecular flexibility index (Phi) is 6.14. The maximum atomic E-state index is 14.3. The second-order valence-corrected chi connectivity index (χ2v) is 8.57. The maximum Gasteiger partial charge on any atom is 0.243 e. The summed E-state index contributed by atoms with van der Waals surface area (Å²) in [6.45, 7) is 6.24. The van der Waals surface area contributed by atoms with Crippen LogP contribution in [0.3, 0.4) is 0 Å². The third kappa shape index (κ3) is 4.09. The summed E-state index contributed by atoms with van der Waals surface area (Å²) < 4.78 is 54.9. The topological polar surface area (TPSA) is 62.3 Å². The summed E-state index contributed by atoms with van der Waals surface area (Å²) in [6, 6.07) is 9.99. The Morgan fingerprint density at radius 1 is 1.00 bits per heavy atom. The first kappa shape index (κ1) is 21.1. The highest BCUT2D eigenvalue weighted by atomic mass is 32.2. The molecule has 2 aromatic carbocycles. The van der Waals surface area contributed by atoms with Crippen molar-refractivity contribution in [3.63, 3.8) is 0 Å². The van der Waals surface area contributed by atoms with Crippen LogP contribution in [0.2, 0.25) is 0 Å².